The van der Waals surface area contributed by atoms with Gasteiger partial charge in [0.1, 0.15) is 0 Å². The first kappa shape index (κ1) is 13.6. The van der Waals surface area contributed by atoms with Crippen LogP contribution in [0.25, 0.3) is 0 Å². The number of halogens is 1. The Hall–Kier alpha value is 0.160. The highest BCUT2D eigenvalue weighted by atomic mass is 35.5. The highest BCUT2D eigenvalue weighted by molar-refractivity contribution is 7.89. The number of fused-ring (bicyclic) bond motifs is 1. The van der Waals surface area contributed by atoms with Crippen LogP contribution in [0.3, 0.4) is 0 Å². The molecule has 2 heterocycles. The van der Waals surface area contributed by atoms with Crippen LogP contribution in [0, 0.1) is 0 Å². The molecule has 0 aromatic heterocycles. The average molecular weight is 281 g/mol. The standard InChI is InChI=1S/C11H21ClN2O2S/c1-10-8-13-6-3-2-4-11(13)9-14(10)17(15,16)7-5-12/h10-11H,2-9H2,1H3. The van der Waals surface area contributed by atoms with Crippen molar-refractivity contribution in [3.63, 3.8) is 0 Å². The van der Waals surface area contributed by atoms with Crippen LogP contribution in [0.15, 0.2) is 0 Å². The van der Waals surface area contributed by atoms with Crippen LogP contribution in [-0.4, -0.2) is 61.0 Å². The number of hydrogen-bond donors (Lipinski definition) is 0. The molecule has 0 N–H and O–H groups in total. The van der Waals surface area contributed by atoms with Gasteiger partial charge in [-0.2, -0.15) is 4.31 Å². The van der Waals surface area contributed by atoms with E-state index in [1.807, 2.05) is 6.92 Å². The third-order valence-electron chi connectivity index (χ3n) is 3.82. The van der Waals surface area contributed by atoms with Crippen LogP contribution in [0.2, 0.25) is 0 Å². The first-order valence-electron chi connectivity index (χ1n) is 6.34. The van der Waals surface area contributed by atoms with Crippen LogP contribution in [0.4, 0.5) is 0 Å². The summed E-state index contributed by atoms with van der Waals surface area (Å²) in [5, 5.41) is 0. The molecular formula is C11H21ClN2O2S. The average Bonchev–Trinajstić information content (AvgIpc) is 2.27. The quantitative estimate of drug-likeness (QED) is 0.728. The van der Waals surface area contributed by atoms with Crippen molar-refractivity contribution in [1.29, 1.82) is 0 Å². The van der Waals surface area contributed by atoms with E-state index in [0.717, 1.165) is 19.5 Å². The smallest absolute Gasteiger partial charge is 0.215 e. The van der Waals surface area contributed by atoms with Crippen LogP contribution in [0.5, 0.6) is 0 Å². The lowest BCUT2D eigenvalue weighted by Gasteiger charge is -2.46. The van der Waals surface area contributed by atoms with Gasteiger partial charge in [-0.05, 0) is 26.3 Å². The van der Waals surface area contributed by atoms with E-state index in [2.05, 4.69) is 4.90 Å². The molecular weight excluding hydrogens is 260 g/mol. The summed E-state index contributed by atoms with van der Waals surface area (Å²) in [5.41, 5.74) is 0. The molecule has 2 saturated heterocycles. The molecule has 0 amide bonds. The van der Waals surface area contributed by atoms with Gasteiger partial charge in [-0.1, -0.05) is 6.42 Å². The van der Waals surface area contributed by atoms with Gasteiger partial charge in [-0.25, -0.2) is 8.42 Å². The Morgan fingerprint density at radius 2 is 2.06 bits per heavy atom. The van der Waals surface area contributed by atoms with Crippen LogP contribution < -0.4 is 0 Å². The summed E-state index contributed by atoms with van der Waals surface area (Å²) in [6.45, 7) is 4.64. The fourth-order valence-corrected chi connectivity index (χ4v) is 4.96. The minimum Gasteiger partial charge on any atom is -0.297 e. The summed E-state index contributed by atoms with van der Waals surface area (Å²) in [6.07, 6.45) is 3.59. The normalized spacial score (nSPS) is 32.4. The monoisotopic (exact) mass is 280 g/mol. The van der Waals surface area contributed by atoms with Crippen molar-refractivity contribution in [3.8, 4) is 0 Å². The Morgan fingerprint density at radius 1 is 1.29 bits per heavy atom. The zero-order chi connectivity index (χ0) is 12.5. The van der Waals surface area contributed by atoms with Gasteiger partial charge in [-0.3, -0.25) is 4.90 Å². The van der Waals surface area contributed by atoms with E-state index in [4.69, 9.17) is 11.6 Å². The molecule has 2 atom stereocenters. The molecule has 17 heavy (non-hydrogen) atoms. The predicted octanol–water partition coefficient (Wildman–Crippen LogP) is 1.11. The number of alkyl halides is 1. The SMILES string of the molecule is CC1CN2CCCCC2CN1S(=O)(=O)CCCl. The van der Waals surface area contributed by atoms with Crippen molar-refractivity contribution in [2.75, 3.05) is 31.3 Å². The second-order valence-corrected chi connectivity index (χ2v) is 7.49. The maximum absolute atomic E-state index is 12.1. The minimum atomic E-state index is -3.16. The second kappa shape index (κ2) is 5.43. The molecule has 0 spiro atoms. The Morgan fingerprint density at radius 3 is 2.76 bits per heavy atom. The van der Waals surface area contributed by atoms with E-state index in [1.165, 1.54) is 12.8 Å². The molecule has 0 aromatic carbocycles. The van der Waals surface area contributed by atoms with Crippen LogP contribution >= 0.6 is 11.6 Å². The lowest BCUT2D eigenvalue weighted by atomic mass is 9.99. The molecule has 4 nitrogen and oxygen atoms in total. The Bertz CT molecular complexity index is 360. The summed E-state index contributed by atoms with van der Waals surface area (Å²) in [6, 6.07) is 0.502. The Labute approximate surface area is 109 Å². The van der Waals surface area contributed by atoms with E-state index in [-0.39, 0.29) is 17.7 Å². The van der Waals surface area contributed by atoms with Crippen molar-refractivity contribution < 1.29 is 8.42 Å². The third-order valence-corrected chi connectivity index (χ3v) is 6.18. The van der Waals surface area contributed by atoms with Gasteiger partial charge in [0.25, 0.3) is 0 Å². The molecule has 0 radical (unpaired) electrons. The summed E-state index contributed by atoms with van der Waals surface area (Å²) >= 11 is 5.57. The fourth-order valence-electron chi connectivity index (χ4n) is 2.93. The van der Waals surface area contributed by atoms with Crippen molar-refractivity contribution in [1.82, 2.24) is 9.21 Å². The van der Waals surface area contributed by atoms with Crippen molar-refractivity contribution >= 4 is 21.6 Å². The predicted molar refractivity (Wildman–Crippen MR) is 69.9 cm³/mol. The van der Waals surface area contributed by atoms with Gasteiger partial charge >= 0.3 is 0 Å². The van der Waals surface area contributed by atoms with E-state index in [1.54, 1.807) is 4.31 Å². The van der Waals surface area contributed by atoms with Gasteiger partial charge in [0.05, 0.1) is 5.75 Å². The Kier molecular flexibility index (Phi) is 4.34. The van der Waals surface area contributed by atoms with Gasteiger partial charge < -0.3 is 0 Å². The summed E-state index contributed by atoms with van der Waals surface area (Å²) in [5.74, 6) is 0.242. The molecule has 2 unspecified atom stereocenters. The highest BCUT2D eigenvalue weighted by Gasteiger charge is 2.38. The number of nitrogens with zero attached hydrogens (tertiary/aromatic N) is 2. The lowest BCUT2D eigenvalue weighted by Crippen LogP contribution is -2.60. The van der Waals surface area contributed by atoms with Crippen LogP contribution in [-0.2, 0) is 10.0 Å². The summed E-state index contributed by atoms with van der Waals surface area (Å²) in [7, 11) is -3.16. The van der Waals surface area contributed by atoms with Crippen molar-refractivity contribution in [2.24, 2.45) is 0 Å². The third kappa shape index (κ3) is 2.95. The van der Waals surface area contributed by atoms with Crippen molar-refractivity contribution in [2.45, 2.75) is 38.3 Å². The molecule has 6 heteroatoms. The van der Waals surface area contributed by atoms with Gasteiger partial charge in [0, 0.05) is 31.1 Å². The molecule has 100 valence electrons. The molecule has 0 bridgehead atoms. The zero-order valence-electron chi connectivity index (χ0n) is 10.3. The number of piperidine rings is 1. The van der Waals surface area contributed by atoms with Crippen molar-refractivity contribution in [3.05, 3.63) is 0 Å². The largest absolute Gasteiger partial charge is 0.297 e. The minimum absolute atomic E-state index is 0.0611. The Balaban J connectivity index is 2.09. The molecule has 2 rings (SSSR count). The molecule has 2 aliphatic rings. The van der Waals surface area contributed by atoms with E-state index >= 15 is 0 Å². The molecule has 2 fully saturated rings. The highest BCUT2D eigenvalue weighted by Crippen LogP contribution is 2.25. The van der Waals surface area contributed by atoms with Gasteiger partial charge in [0.2, 0.25) is 10.0 Å². The number of rotatable bonds is 3. The fraction of sp³-hybridized carbons (Fsp3) is 1.00. The lowest BCUT2D eigenvalue weighted by molar-refractivity contribution is 0.0565. The maximum Gasteiger partial charge on any atom is 0.215 e. The summed E-state index contributed by atoms with van der Waals surface area (Å²) in [4.78, 5) is 2.45. The second-order valence-electron chi connectivity index (χ2n) is 5.07. The first-order valence-corrected chi connectivity index (χ1v) is 8.48. The number of piperazine rings is 1. The number of sulfonamides is 1. The maximum atomic E-state index is 12.1. The summed E-state index contributed by atoms with van der Waals surface area (Å²) < 4.78 is 25.9. The first-order chi connectivity index (χ1) is 8.04. The van der Waals surface area contributed by atoms with Crippen LogP contribution in [0.1, 0.15) is 26.2 Å². The topological polar surface area (TPSA) is 40.6 Å². The molecule has 0 aliphatic carbocycles. The molecule has 0 aromatic rings. The molecule has 0 saturated carbocycles. The molecule has 2 aliphatic heterocycles. The van der Waals surface area contributed by atoms with Gasteiger partial charge in [0.15, 0.2) is 0 Å². The van der Waals surface area contributed by atoms with E-state index in [0.29, 0.717) is 12.6 Å². The number of hydrogen-bond acceptors (Lipinski definition) is 3. The van der Waals surface area contributed by atoms with E-state index in [9.17, 15) is 8.42 Å². The zero-order valence-corrected chi connectivity index (χ0v) is 11.9. The van der Waals surface area contributed by atoms with Gasteiger partial charge in [-0.15, -0.1) is 11.6 Å². The van der Waals surface area contributed by atoms with E-state index < -0.39 is 10.0 Å².